The lowest BCUT2D eigenvalue weighted by Gasteiger charge is -2.34. The number of nitrogens with one attached hydrogen (secondary N) is 2. The zero-order valence-corrected chi connectivity index (χ0v) is 19.4. The Morgan fingerprint density at radius 1 is 1.03 bits per heavy atom. The number of carbonyl (C=O) groups is 2. The molecule has 0 saturated carbocycles. The van der Waals surface area contributed by atoms with Crippen LogP contribution >= 0.6 is 11.6 Å². The van der Waals surface area contributed by atoms with Crippen molar-refractivity contribution in [1.29, 1.82) is 0 Å². The smallest absolute Gasteiger partial charge is 0.327 e. The van der Waals surface area contributed by atoms with Crippen molar-refractivity contribution in [3.63, 3.8) is 0 Å². The summed E-state index contributed by atoms with van der Waals surface area (Å²) in [7, 11) is 1.60. The molecule has 3 aromatic rings. The number of rotatable bonds is 3. The van der Waals surface area contributed by atoms with Crippen LogP contribution in [0, 0.1) is 0 Å². The van der Waals surface area contributed by atoms with Gasteiger partial charge in [0.1, 0.15) is 5.75 Å². The van der Waals surface area contributed by atoms with E-state index in [1.807, 2.05) is 48.5 Å². The fourth-order valence-electron chi connectivity index (χ4n) is 4.66. The molecular formula is C27H24ClN3O3. The minimum absolute atomic E-state index is 0.0294. The Balaban J connectivity index is 1.72. The number of ketones is 1. The van der Waals surface area contributed by atoms with Gasteiger partial charge in [0.2, 0.25) is 0 Å². The van der Waals surface area contributed by atoms with E-state index in [1.54, 1.807) is 36.3 Å². The number of urea groups is 1. The molecule has 7 heteroatoms. The number of allylic oxidation sites excluding steroid dienone is 1. The summed E-state index contributed by atoms with van der Waals surface area (Å²) in [6, 6.07) is 21.0. The first kappa shape index (κ1) is 22.0. The second kappa shape index (κ2) is 9.23. The van der Waals surface area contributed by atoms with Gasteiger partial charge in [-0.05, 0) is 55.3 Å². The Labute approximate surface area is 203 Å². The van der Waals surface area contributed by atoms with Gasteiger partial charge in [0.15, 0.2) is 5.78 Å². The van der Waals surface area contributed by atoms with E-state index in [0.29, 0.717) is 34.1 Å². The molecule has 0 saturated heterocycles. The van der Waals surface area contributed by atoms with Crippen LogP contribution in [0.2, 0.25) is 5.02 Å². The second-order valence-corrected chi connectivity index (χ2v) is 8.70. The maximum atomic E-state index is 13.9. The number of methoxy groups -OCH3 is 1. The molecule has 0 spiro atoms. The highest BCUT2D eigenvalue weighted by molar-refractivity contribution is 6.30. The molecule has 1 atom stereocenters. The fourth-order valence-corrected chi connectivity index (χ4v) is 4.79. The lowest BCUT2D eigenvalue weighted by molar-refractivity contribution is -0.116. The molecule has 0 aromatic heterocycles. The number of nitrogens with zero attached hydrogens (tertiary/aromatic N) is 1. The van der Waals surface area contributed by atoms with Crippen LogP contribution in [0.5, 0.6) is 5.75 Å². The summed E-state index contributed by atoms with van der Waals surface area (Å²) in [4.78, 5) is 28.9. The van der Waals surface area contributed by atoms with Gasteiger partial charge in [-0.2, -0.15) is 0 Å². The van der Waals surface area contributed by atoms with Gasteiger partial charge in [-0.3, -0.25) is 9.69 Å². The number of para-hydroxylation sites is 3. The minimum Gasteiger partial charge on any atom is -0.496 e. The number of hydrogen-bond acceptors (Lipinski definition) is 4. The monoisotopic (exact) mass is 473 g/mol. The molecule has 172 valence electrons. The van der Waals surface area contributed by atoms with Crippen molar-refractivity contribution in [2.45, 2.75) is 25.3 Å². The number of Topliss-reactive ketones (excluding diaryl/α,β-unsaturated/α-hetero) is 1. The third-order valence-corrected chi connectivity index (χ3v) is 6.44. The van der Waals surface area contributed by atoms with Crippen molar-refractivity contribution in [3.05, 3.63) is 94.7 Å². The van der Waals surface area contributed by atoms with Gasteiger partial charge < -0.3 is 15.4 Å². The van der Waals surface area contributed by atoms with E-state index >= 15 is 0 Å². The molecule has 6 nitrogen and oxygen atoms in total. The summed E-state index contributed by atoms with van der Waals surface area (Å²) in [6.45, 7) is 0. The molecule has 1 aliphatic carbocycles. The third kappa shape index (κ3) is 4.01. The third-order valence-electron chi connectivity index (χ3n) is 6.18. The minimum atomic E-state index is -0.664. The highest BCUT2D eigenvalue weighted by atomic mass is 35.5. The SMILES string of the molecule is COc1ccccc1[C@H]1C2=C(CCCC2=O)Nc2ccccc2N1C(=O)Nc1ccc(Cl)cc1. The van der Waals surface area contributed by atoms with Crippen LogP contribution in [0.15, 0.2) is 84.1 Å². The first-order valence-corrected chi connectivity index (χ1v) is 11.6. The van der Waals surface area contributed by atoms with Crippen LogP contribution in [-0.4, -0.2) is 18.9 Å². The molecule has 0 fully saturated rings. The molecule has 2 N–H and O–H groups in total. The van der Waals surface area contributed by atoms with Gasteiger partial charge >= 0.3 is 6.03 Å². The topological polar surface area (TPSA) is 70.7 Å². The van der Waals surface area contributed by atoms with Crippen LogP contribution in [0.3, 0.4) is 0 Å². The number of amides is 2. The lowest BCUT2D eigenvalue weighted by Crippen LogP contribution is -2.40. The van der Waals surface area contributed by atoms with Crippen molar-refractivity contribution in [2.75, 3.05) is 22.6 Å². The van der Waals surface area contributed by atoms with Gasteiger partial charge in [0.05, 0.1) is 24.5 Å². The Kier molecular flexibility index (Phi) is 5.99. The zero-order valence-electron chi connectivity index (χ0n) is 18.7. The Morgan fingerprint density at radius 2 is 1.76 bits per heavy atom. The number of anilines is 3. The summed E-state index contributed by atoms with van der Waals surface area (Å²) in [5.41, 5.74) is 4.24. The molecule has 3 aromatic carbocycles. The molecular weight excluding hydrogens is 450 g/mol. The molecule has 0 bridgehead atoms. The number of benzene rings is 3. The van der Waals surface area contributed by atoms with Crippen molar-refractivity contribution in [2.24, 2.45) is 0 Å². The number of fused-ring (bicyclic) bond motifs is 1. The van der Waals surface area contributed by atoms with Crippen molar-refractivity contribution < 1.29 is 14.3 Å². The molecule has 1 aliphatic heterocycles. The number of hydrogen-bond donors (Lipinski definition) is 2. The highest BCUT2D eigenvalue weighted by Gasteiger charge is 2.40. The van der Waals surface area contributed by atoms with Gasteiger partial charge in [-0.15, -0.1) is 0 Å². The molecule has 2 aliphatic rings. The summed E-state index contributed by atoms with van der Waals surface area (Å²) in [5.74, 6) is 0.642. The Bertz CT molecular complexity index is 1290. The van der Waals surface area contributed by atoms with Crippen molar-refractivity contribution in [3.8, 4) is 5.75 Å². The maximum absolute atomic E-state index is 13.9. The van der Waals surface area contributed by atoms with Crippen LogP contribution in [-0.2, 0) is 4.79 Å². The van der Waals surface area contributed by atoms with E-state index in [1.165, 1.54) is 0 Å². The molecule has 1 heterocycles. The van der Waals surface area contributed by atoms with Gasteiger partial charge in [0.25, 0.3) is 0 Å². The quantitative estimate of drug-likeness (QED) is 0.452. The summed E-state index contributed by atoms with van der Waals surface area (Å²) in [6.07, 6.45) is 1.94. The lowest BCUT2D eigenvalue weighted by atomic mass is 9.85. The second-order valence-electron chi connectivity index (χ2n) is 8.26. The predicted molar refractivity (Wildman–Crippen MR) is 135 cm³/mol. The van der Waals surface area contributed by atoms with E-state index in [-0.39, 0.29) is 11.8 Å². The van der Waals surface area contributed by atoms with Crippen molar-refractivity contribution >= 4 is 40.5 Å². The Hall–Kier alpha value is -3.77. The summed E-state index contributed by atoms with van der Waals surface area (Å²) < 4.78 is 5.67. The van der Waals surface area contributed by atoms with Crippen LogP contribution in [0.4, 0.5) is 21.9 Å². The van der Waals surface area contributed by atoms with Gasteiger partial charge in [-0.1, -0.05) is 41.9 Å². The van der Waals surface area contributed by atoms with E-state index in [0.717, 1.165) is 29.8 Å². The average Bonchev–Trinajstić information content (AvgIpc) is 3.00. The highest BCUT2D eigenvalue weighted by Crippen LogP contribution is 2.46. The average molecular weight is 474 g/mol. The van der Waals surface area contributed by atoms with Crippen LogP contribution in [0.1, 0.15) is 30.9 Å². The standard InChI is InChI=1S/C27H24ClN3O3/c1-34-24-12-5-2-7-19(24)26-25-21(9-6-11-23(25)32)30-20-8-3-4-10-22(20)31(26)27(33)29-18-15-13-17(28)14-16-18/h2-5,7-8,10,12-16,26,30H,6,9,11H2,1H3,(H,29,33)/t26-/m0/s1. The number of carbonyl (C=O) groups excluding carboxylic acids is 2. The zero-order chi connectivity index (χ0) is 23.7. The molecule has 0 radical (unpaired) electrons. The maximum Gasteiger partial charge on any atom is 0.327 e. The van der Waals surface area contributed by atoms with E-state index < -0.39 is 6.04 Å². The molecule has 34 heavy (non-hydrogen) atoms. The van der Waals surface area contributed by atoms with E-state index in [4.69, 9.17) is 16.3 Å². The summed E-state index contributed by atoms with van der Waals surface area (Å²) >= 11 is 6.03. The first-order chi connectivity index (χ1) is 16.6. The van der Waals surface area contributed by atoms with Crippen molar-refractivity contribution in [1.82, 2.24) is 0 Å². The van der Waals surface area contributed by atoms with Gasteiger partial charge in [-0.25, -0.2) is 4.79 Å². The number of ether oxygens (including phenoxy) is 1. The van der Waals surface area contributed by atoms with Crippen LogP contribution < -0.4 is 20.3 Å². The fraction of sp³-hybridized carbons (Fsp3) is 0.185. The largest absolute Gasteiger partial charge is 0.496 e. The number of halogens is 1. The normalized spacial score (nSPS) is 17.3. The first-order valence-electron chi connectivity index (χ1n) is 11.2. The van der Waals surface area contributed by atoms with E-state index in [9.17, 15) is 9.59 Å². The van der Waals surface area contributed by atoms with Crippen LogP contribution in [0.25, 0.3) is 0 Å². The molecule has 2 amide bonds. The predicted octanol–water partition coefficient (Wildman–Crippen LogP) is 6.56. The molecule has 0 unspecified atom stereocenters. The Morgan fingerprint density at radius 3 is 2.56 bits per heavy atom. The summed E-state index contributed by atoms with van der Waals surface area (Å²) in [5, 5.41) is 7.03. The van der Waals surface area contributed by atoms with E-state index in [2.05, 4.69) is 10.6 Å². The molecule has 5 rings (SSSR count). The van der Waals surface area contributed by atoms with Gasteiger partial charge in [0, 0.05) is 34.0 Å².